The van der Waals surface area contributed by atoms with E-state index >= 15 is 0 Å². The van der Waals surface area contributed by atoms with Crippen molar-refractivity contribution < 1.29 is 32.7 Å². The molecule has 1 radical (unpaired) electrons. The Morgan fingerprint density at radius 2 is 1.65 bits per heavy atom. The number of hydrogen-bond donors (Lipinski definition) is 1. The molecule has 2 N–H and O–H groups in total. The second-order valence-corrected chi connectivity index (χ2v) is 3.84. The Balaban J connectivity index is -0.000000128. The van der Waals surface area contributed by atoms with Crippen LogP contribution in [0.3, 0.4) is 0 Å². The number of rotatable bonds is 4. The first-order valence-electron chi connectivity index (χ1n) is 6.77. The molecule has 0 aromatic rings. The van der Waals surface area contributed by atoms with E-state index in [2.05, 4.69) is 26.0 Å². The van der Waals surface area contributed by atoms with Crippen LogP contribution in [0.5, 0.6) is 0 Å². The van der Waals surface area contributed by atoms with Crippen LogP contribution in [0.4, 0.5) is 0 Å². The molecule has 1 aliphatic carbocycles. The van der Waals surface area contributed by atoms with Crippen molar-refractivity contribution in [3.05, 3.63) is 13.8 Å². The largest absolute Gasteiger partial charge is 0.358 e. The second kappa shape index (κ2) is 22.3. The summed E-state index contributed by atoms with van der Waals surface area (Å²) in [6.07, 6.45) is 11.1. The fourth-order valence-electron chi connectivity index (χ4n) is 2.12. The van der Waals surface area contributed by atoms with Gasteiger partial charge in [0.2, 0.25) is 0 Å². The van der Waals surface area contributed by atoms with Gasteiger partial charge in [0.25, 0.3) is 0 Å². The molecule has 0 aliphatic heterocycles. The van der Waals surface area contributed by atoms with Crippen LogP contribution in [-0.4, -0.2) is 7.05 Å². The average molecular weight is 318 g/mol. The maximum absolute atomic E-state index is 4.50. The van der Waals surface area contributed by atoms with Gasteiger partial charge in [0.1, 0.15) is 0 Å². The van der Waals surface area contributed by atoms with Crippen molar-refractivity contribution in [2.75, 3.05) is 7.05 Å². The molecule has 0 saturated heterocycles. The van der Waals surface area contributed by atoms with Crippen molar-refractivity contribution in [2.45, 2.75) is 66.2 Å². The Hall–Kier alpha value is 1.06. The van der Waals surface area contributed by atoms with Crippen LogP contribution in [0.1, 0.15) is 66.2 Å². The molecule has 0 heterocycles. The third kappa shape index (κ3) is 15.0. The quantitative estimate of drug-likeness (QED) is 0.736. The molecule has 1 aliphatic rings. The molecule has 0 aromatic heterocycles. The first-order chi connectivity index (χ1) is 7.36. The molecule has 1 rings (SSSR count). The van der Waals surface area contributed by atoms with Gasteiger partial charge in [0.15, 0.2) is 0 Å². The fraction of sp³-hybridized carbons (Fsp3) is 0.867. The van der Waals surface area contributed by atoms with E-state index in [1.54, 1.807) is 0 Å². The van der Waals surface area contributed by atoms with Gasteiger partial charge in [0, 0.05) is 32.7 Å². The fourth-order valence-corrected chi connectivity index (χ4v) is 2.12. The molecule has 1 saturated carbocycles. The minimum Gasteiger partial charge on any atom is -0.358 e. The Kier molecular flexibility index (Phi) is 34.8. The van der Waals surface area contributed by atoms with Crippen molar-refractivity contribution in [3.8, 4) is 0 Å². The Morgan fingerprint density at radius 3 is 1.94 bits per heavy atom. The first kappa shape index (κ1) is 26.6. The zero-order chi connectivity index (χ0) is 12.1. The molecular weight excluding hydrogens is 283 g/mol. The zero-order valence-corrected chi connectivity index (χ0v) is 16.0. The molecule has 1 atom stereocenters. The Bertz CT molecular complexity index is 97.1. The van der Waals surface area contributed by atoms with Crippen LogP contribution < -0.4 is 5.73 Å². The van der Waals surface area contributed by atoms with E-state index in [1.165, 1.54) is 45.6 Å². The molecule has 1 unspecified atom stereocenters. The van der Waals surface area contributed by atoms with Gasteiger partial charge >= 0.3 is 0 Å². The van der Waals surface area contributed by atoms with Gasteiger partial charge < -0.3 is 19.6 Å². The summed E-state index contributed by atoms with van der Waals surface area (Å²) in [5.74, 6) is 1.97. The van der Waals surface area contributed by atoms with E-state index in [-0.39, 0.29) is 40.1 Å². The van der Waals surface area contributed by atoms with Crippen LogP contribution in [0, 0.1) is 25.7 Å². The van der Waals surface area contributed by atoms with E-state index in [1.807, 2.05) is 13.8 Å². The van der Waals surface area contributed by atoms with Gasteiger partial charge in [0.05, 0.1) is 0 Å². The van der Waals surface area contributed by atoms with Crippen LogP contribution in [0.2, 0.25) is 0 Å². The smallest absolute Gasteiger partial charge is 0 e. The SMILES string of the molecule is CC.CCC(CC)CC1[CH-]CCC1.CN.[CH3-].[Y]. The molecule has 2 heteroatoms. The minimum absolute atomic E-state index is 0. The Labute approximate surface area is 137 Å². The van der Waals surface area contributed by atoms with Gasteiger partial charge in [-0.15, -0.1) is 0 Å². The predicted octanol–water partition coefficient (Wildman–Crippen LogP) is 4.87. The van der Waals surface area contributed by atoms with E-state index in [9.17, 15) is 0 Å². The molecule has 0 bridgehead atoms. The molecule has 0 amide bonds. The van der Waals surface area contributed by atoms with Gasteiger partial charge in [-0.1, -0.05) is 59.8 Å². The topological polar surface area (TPSA) is 26.0 Å². The van der Waals surface area contributed by atoms with Gasteiger partial charge in [-0.25, -0.2) is 0 Å². The van der Waals surface area contributed by atoms with Gasteiger partial charge in [-0.05, 0) is 13.0 Å². The molecule has 0 spiro atoms. The monoisotopic (exact) mass is 318 g/mol. The Morgan fingerprint density at radius 1 is 1.18 bits per heavy atom. The van der Waals surface area contributed by atoms with E-state index in [0.717, 1.165) is 11.8 Å². The van der Waals surface area contributed by atoms with Crippen LogP contribution in [-0.2, 0) is 32.7 Å². The summed E-state index contributed by atoms with van der Waals surface area (Å²) in [4.78, 5) is 0. The summed E-state index contributed by atoms with van der Waals surface area (Å²) in [5, 5.41) is 0. The second-order valence-electron chi connectivity index (χ2n) is 3.84. The van der Waals surface area contributed by atoms with Crippen molar-refractivity contribution >= 4 is 0 Å². The number of hydrogen-bond acceptors (Lipinski definition) is 1. The van der Waals surface area contributed by atoms with Crippen LogP contribution in [0.25, 0.3) is 0 Å². The van der Waals surface area contributed by atoms with Crippen molar-refractivity contribution in [2.24, 2.45) is 17.6 Å². The molecular formula is C15H35NY-2. The summed E-state index contributed by atoms with van der Waals surface area (Å²) in [6, 6.07) is 0. The zero-order valence-electron chi connectivity index (χ0n) is 13.1. The summed E-state index contributed by atoms with van der Waals surface area (Å²) in [6.45, 7) is 8.65. The summed E-state index contributed by atoms with van der Waals surface area (Å²) < 4.78 is 0. The molecule has 105 valence electrons. The first-order valence-corrected chi connectivity index (χ1v) is 6.77. The van der Waals surface area contributed by atoms with Crippen LogP contribution in [0.15, 0.2) is 0 Å². The van der Waals surface area contributed by atoms with Crippen LogP contribution >= 0.6 is 0 Å². The van der Waals surface area contributed by atoms with E-state index in [4.69, 9.17) is 0 Å². The van der Waals surface area contributed by atoms with E-state index < -0.39 is 0 Å². The number of nitrogens with two attached hydrogens (primary N) is 1. The average Bonchev–Trinajstić information content (AvgIpc) is 2.84. The summed E-state index contributed by atoms with van der Waals surface area (Å²) in [5.41, 5.74) is 4.50. The van der Waals surface area contributed by atoms with E-state index in [0.29, 0.717) is 0 Å². The normalized spacial score (nSPS) is 16.8. The van der Waals surface area contributed by atoms with Crippen molar-refractivity contribution in [1.29, 1.82) is 0 Å². The minimum atomic E-state index is 0. The predicted molar refractivity (Wildman–Crippen MR) is 78.2 cm³/mol. The summed E-state index contributed by atoms with van der Waals surface area (Å²) >= 11 is 0. The van der Waals surface area contributed by atoms with Gasteiger partial charge in [-0.2, -0.15) is 12.3 Å². The van der Waals surface area contributed by atoms with Gasteiger partial charge in [-0.3, -0.25) is 0 Å². The molecule has 1 fully saturated rings. The molecule has 1 nitrogen and oxygen atoms in total. The van der Waals surface area contributed by atoms with Crippen molar-refractivity contribution in [1.82, 2.24) is 0 Å². The van der Waals surface area contributed by atoms with Crippen molar-refractivity contribution in [3.63, 3.8) is 0 Å². The summed E-state index contributed by atoms with van der Waals surface area (Å²) in [7, 11) is 1.50. The maximum atomic E-state index is 4.50. The molecule has 0 aromatic carbocycles. The standard InChI is InChI=1S/C11H21.C2H6.CH5N.CH3.Y/c1-3-10(4-2)9-11-7-5-6-8-11;2*1-2;;/h7,10-11H,3-6,8-9H2,1-2H3;1-2H3;2H2,1H3;1H3;/q-1;;;-1;. The third-order valence-corrected chi connectivity index (χ3v) is 3.07. The third-order valence-electron chi connectivity index (χ3n) is 3.07. The maximum Gasteiger partial charge on any atom is 0 e. The molecule has 17 heavy (non-hydrogen) atoms.